The molecular weight excluding hydrogens is 108 g/mol. The molecule has 10 heavy (non-hydrogen) atoms. The van der Waals surface area contributed by atoms with Crippen LogP contribution in [0.3, 0.4) is 0 Å². The Morgan fingerprint density at radius 2 is 0.800 bits per heavy atom. The van der Waals surface area contributed by atoms with Gasteiger partial charge in [-0.2, -0.15) is 0 Å². The Bertz CT molecular complexity index is 33.2. The minimum Gasteiger partial charge on any atom is -0.447 e. The van der Waals surface area contributed by atoms with Crippen LogP contribution in [0.15, 0.2) is 0 Å². The van der Waals surface area contributed by atoms with Crippen LogP contribution in [0.4, 0.5) is 0 Å². The van der Waals surface area contributed by atoms with Gasteiger partial charge in [0.15, 0.2) is 0 Å². The van der Waals surface area contributed by atoms with Gasteiger partial charge in [0, 0.05) is 0 Å². The van der Waals surface area contributed by atoms with Crippen LogP contribution in [0.2, 0.25) is 0 Å². The molecule has 10 heteroatoms. The van der Waals surface area contributed by atoms with E-state index in [1.54, 1.807) is 0 Å². The number of hydrogen-bond donors (Lipinski definition) is 0. The van der Waals surface area contributed by atoms with Crippen molar-refractivity contribution >= 4 is 70.6 Å². The summed E-state index contributed by atoms with van der Waals surface area (Å²) in [6, 6.07) is 0. The first-order valence-electron chi connectivity index (χ1n) is 3.33. The minimum atomic E-state index is 2.00. The van der Waals surface area contributed by atoms with Gasteiger partial charge in [-0.25, -0.2) is 28.2 Å². The summed E-state index contributed by atoms with van der Waals surface area (Å²) in [6.07, 6.45) is 0. The van der Waals surface area contributed by atoms with E-state index in [2.05, 4.69) is 0 Å². The first kappa shape index (κ1) is 8.74. The lowest BCUT2D eigenvalue weighted by atomic mass is 8.81. The Kier molecular flexibility index (Phi) is 5.57. The fourth-order valence-corrected chi connectivity index (χ4v) is 0.642. The van der Waals surface area contributed by atoms with Gasteiger partial charge in [0.1, 0.15) is 0 Å². The molecule has 0 aliphatic carbocycles. The van der Waals surface area contributed by atoms with Crippen LogP contribution in [0.25, 0.3) is 0 Å². The monoisotopic (exact) mass is 110 g/mol. The van der Waals surface area contributed by atoms with Gasteiger partial charge in [0.05, 0.1) is 0 Å². The Morgan fingerprint density at radius 3 is 1.10 bits per heavy atom. The highest BCUT2D eigenvalue weighted by Gasteiger charge is 1.82. The first-order valence-corrected chi connectivity index (χ1v) is 3.33. The second-order valence-corrected chi connectivity index (χ2v) is 1.92. The third-order valence-corrected chi connectivity index (χ3v) is 1.11. The second-order valence-electron chi connectivity index (χ2n) is 1.92. The molecule has 0 aromatic heterocycles. The van der Waals surface area contributed by atoms with Crippen molar-refractivity contribution in [1.82, 2.24) is 0 Å². The quantitative estimate of drug-likeness (QED) is 0.279. The Balaban J connectivity index is 2.00. The maximum atomic E-state index is 2.00. The lowest BCUT2D eigenvalue weighted by molar-refractivity contribution is 3.76. The summed E-state index contributed by atoms with van der Waals surface area (Å²) in [4.78, 5) is 0. The molecule has 0 N–H and O–H groups in total. The van der Waals surface area contributed by atoms with E-state index in [-0.39, 0.29) is 0 Å². The summed E-state index contributed by atoms with van der Waals surface area (Å²) in [5.41, 5.74) is 0. The molecule has 0 unspecified atom stereocenters. The van der Waals surface area contributed by atoms with Crippen molar-refractivity contribution in [3.8, 4) is 0 Å². The van der Waals surface area contributed by atoms with Crippen molar-refractivity contribution in [2.45, 2.75) is 0 Å². The predicted molar refractivity (Wildman–Crippen MR) is 57.5 cm³/mol. The van der Waals surface area contributed by atoms with E-state index in [9.17, 15) is 0 Å². The molecule has 12 radical (unpaired) electrons. The molecule has 0 aromatic carbocycles. The molecule has 1 aliphatic heterocycles. The maximum absolute atomic E-state index is 2.00. The lowest BCUT2D eigenvalue weighted by Gasteiger charge is -2.22. The Labute approximate surface area is 71.1 Å². The summed E-state index contributed by atoms with van der Waals surface area (Å²) >= 11 is 0. The van der Waals surface area contributed by atoms with E-state index >= 15 is 0 Å². The van der Waals surface area contributed by atoms with E-state index < -0.39 is 0 Å². The van der Waals surface area contributed by atoms with Gasteiger partial charge in [-0.1, -0.05) is 0 Å². The zero-order valence-electron chi connectivity index (χ0n) is 5.77. The van der Waals surface area contributed by atoms with Crippen molar-refractivity contribution in [1.29, 1.82) is 0 Å². The molecule has 0 saturated carbocycles. The van der Waals surface area contributed by atoms with E-state index in [4.69, 9.17) is 0 Å². The highest BCUT2D eigenvalue weighted by molar-refractivity contribution is 7.76. The zero-order valence-corrected chi connectivity index (χ0v) is 5.77. The van der Waals surface area contributed by atoms with Crippen LogP contribution in [0.5, 0.6) is 0 Å². The summed E-state index contributed by atoms with van der Waals surface area (Å²) in [6.45, 7) is 0. The van der Waals surface area contributed by atoms with Crippen molar-refractivity contribution in [3.05, 3.63) is 0 Å². The third kappa shape index (κ3) is 4.46. The van der Waals surface area contributed by atoms with Gasteiger partial charge in [0.25, 0.3) is 0 Å². The molecule has 0 amide bonds. The molecule has 32 valence electrons. The first-order chi connectivity index (χ1) is 5.00. The number of hydrogen-bond acceptors (Lipinski definition) is 0. The topological polar surface area (TPSA) is 0 Å². The van der Waals surface area contributed by atoms with Gasteiger partial charge in [-0.05, 0) is 28.2 Å². The largest absolute Gasteiger partial charge is 0.447 e. The normalized spacial score (nSPS) is 17.6. The van der Waals surface area contributed by atoms with E-state index in [0.717, 1.165) is 0 Å². The molecule has 1 saturated heterocycles. The standard InChI is InChI=1S/B10/c1-2-4-6-8-10-9-7-5-3-1/q-2. The van der Waals surface area contributed by atoms with Gasteiger partial charge in [0.2, 0.25) is 0 Å². The van der Waals surface area contributed by atoms with Gasteiger partial charge >= 0.3 is 0 Å². The molecule has 1 aliphatic rings. The summed E-state index contributed by atoms with van der Waals surface area (Å²) in [7, 11) is 20.0. The van der Waals surface area contributed by atoms with Crippen molar-refractivity contribution in [2.75, 3.05) is 0 Å². The Morgan fingerprint density at radius 1 is 0.500 bits per heavy atom. The number of rotatable bonds is 0. The third-order valence-electron chi connectivity index (χ3n) is 1.11. The molecule has 0 aromatic rings. The molecule has 1 heterocycles. The van der Waals surface area contributed by atoms with E-state index in [1.807, 2.05) is 70.6 Å². The highest BCUT2D eigenvalue weighted by atomic mass is 12.8. The highest BCUT2D eigenvalue weighted by Crippen LogP contribution is 1.63. The summed E-state index contributed by atoms with van der Waals surface area (Å²) in [5.74, 6) is 0. The van der Waals surface area contributed by atoms with Crippen LogP contribution in [-0.2, 0) is 0 Å². The minimum absolute atomic E-state index is 2.00. The van der Waals surface area contributed by atoms with Crippen molar-refractivity contribution < 1.29 is 0 Å². The molecule has 1 rings (SSSR count). The van der Waals surface area contributed by atoms with Gasteiger partial charge in [-0.3, -0.25) is 0 Å². The van der Waals surface area contributed by atoms with E-state index in [1.165, 1.54) is 0 Å². The maximum Gasteiger partial charge on any atom is -0.0439 e. The Hall–Kier alpha value is 0.649. The summed E-state index contributed by atoms with van der Waals surface area (Å²) < 4.78 is 0. The van der Waals surface area contributed by atoms with Crippen molar-refractivity contribution in [3.63, 3.8) is 0 Å². The molecular formula is B10-2. The van der Waals surface area contributed by atoms with Crippen LogP contribution in [0, 0.1) is 0 Å². The van der Waals surface area contributed by atoms with E-state index in [0.29, 0.717) is 0 Å². The fourth-order valence-electron chi connectivity index (χ4n) is 0.642. The van der Waals surface area contributed by atoms with Gasteiger partial charge in [-0.15, -0.1) is 0 Å². The molecule has 0 spiro atoms. The molecule has 1 fully saturated rings. The molecule has 0 atom stereocenters. The van der Waals surface area contributed by atoms with Crippen molar-refractivity contribution in [2.24, 2.45) is 0 Å². The van der Waals surface area contributed by atoms with Crippen LogP contribution in [-0.4, -0.2) is 70.6 Å². The lowest BCUT2D eigenvalue weighted by Crippen LogP contribution is -2.38. The average Bonchev–Trinajstić information content (AvgIpc) is 2.01. The fraction of sp³-hybridized carbons (Fsp3) is 0. The SMILES string of the molecule is [B]1[B][B][B-][B][B][B][B][B-][B]1. The van der Waals surface area contributed by atoms with Crippen LogP contribution < -0.4 is 0 Å². The van der Waals surface area contributed by atoms with Crippen LogP contribution in [0.1, 0.15) is 0 Å². The predicted octanol–water partition coefficient (Wildman–Crippen LogP) is -3.81. The summed E-state index contributed by atoms with van der Waals surface area (Å²) in [5, 5.41) is 0. The zero-order chi connectivity index (χ0) is 7.07. The average molecular weight is 108 g/mol. The second kappa shape index (κ2) is 6.37. The van der Waals surface area contributed by atoms with Gasteiger partial charge < -0.3 is 14.1 Å². The molecule has 0 nitrogen and oxygen atoms in total. The smallest absolute Gasteiger partial charge is 0.0439 e. The molecule has 0 bridgehead atoms. The van der Waals surface area contributed by atoms with Crippen LogP contribution >= 0.6 is 0 Å².